The Morgan fingerprint density at radius 2 is 2.05 bits per heavy atom. The number of rotatable bonds is 5. The maximum atomic E-state index is 12.4. The van der Waals surface area contributed by atoms with Crippen molar-refractivity contribution in [2.24, 2.45) is 17.8 Å². The molecular weight excluding hydrogens is 282 g/mol. The molecule has 1 amide bonds. The van der Waals surface area contributed by atoms with Crippen LogP contribution in [-0.4, -0.2) is 45.2 Å². The molecule has 1 aliphatic carbocycles. The number of hydrogen-bond donors (Lipinski definition) is 2. The van der Waals surface area contributed by atoms with E-state index in [0.717, 1.165) is 29.8 Å². The second-order valence-electron chi connectivity index (χ2n) is 6.66. The number of hydrogen-bond acceptors (Lipinski definition) is 3. The normalized spacial score (nSPS) is 24.7. The maximum Gasteiger partial charge on any atom is 0.308 e. The van der Waals surface area contributed by atoms with Gasteiger partial charge in [-0.2, -0.15) is 5.10 Å². The Bertz CT molecular complexity index is 572. The predicted octanol–water partition coefficient (Wildman–Crippen LogP) is 1.53. The van der Waals surface area contributed by atoms with Crippen LogP contribution in [0.25, 0.3) is 0 Å². The van der Waals surface area contributed by atoms with Crippen LogP contribution in [0.3, 0.4) is 0 Å². The highest BCUT2D eigenvalue weighted by Gasteiger charge is 2.46. The van der Waals surface area contributed by atoms with Gasteiger partial charge in [0.2, 0.25) is 5.91 Å². The average Bonchev–Trinajstić information content (AvgIpc) is 3.14. The number of carboxylic acids is 1. The Morgan fingerprint density at radius 1 is 1.32 bits per heavy atom. The molecule has 0 unspecified atom stereocenters. The number of H-pyrrole nitrogens is 1. The summed E-state index contributed by atoms with van der Waals surface area (Å²) in [7, 11) is 0. The quantitative estimate of drug-likeness (QED) is 0.863. The van der Waals surface area contributed by atoms with E-state index in [-0.39, 0.29) is 17.7 Å². The number of nitrogens with one attached hydrogen (secondary N) is 1. The lowest BCUT2D eigenvalue weighted by Gasteiger charge is -2.16. The highest BCUT2D eigenvalue weighted by molar-refractivity contribution is 5.79. The first-order valence-corrected chi connectivity index (χ1v) is 7.98. The average molecular weight is 305 g/mol. The van der Waals surface area contributed by atoms with Crippen molar-refractivity contribution in [2.75, 3.05) is 13.1 Å². The molecule has 2 heterocycles. The van der Waals surface area contributed by atoms with Gasteiger partial charge in [-0.1, -0.05) is 0 Å². The van der Waals surface area contributed by atoms with E-state index < -0.39 is 5.97 Å². The summed E-state index contributed by atoms with van der Waals surface area (Å²) < 4.78 is 0. The first-order valence-electron chi connectivity index (χ1n) is 7.98. The molecule has 2 aliphatic rings. The summed E-state index contributed by atoms with van der Waals surface area (Å²) in [6.45, 7) is 4.88. The minimum absolute atomic E-state index is 0.0643. The van der Waals surface area contributed by atoms with Crippen molar-refractivity contribution in [3.63, 3.8) is 0 Å². The Hall–Kier alpha value is -1.85. The number of carboxylic acid groups (broad SMARTS) is 1. The van der Waals surface area contributed by atoms with Crippen molar-refractivity contribution in [1.29, 1.82) is 0 Å². The fourth-order valence-electron chi connectivity index (χ4n) is 3.63. The summed E-state index contributed by atoms with van der Waals surface area (Å²) in [5.74, 6) is -0.409. The van der Waals surface area contributed by atoms with E-state index in [1.807, 2.05) is 13.8 Å². The molecule has 0 aromatic carbocycles. The van der Waals surface area contributed by atoms with E-state index in [0.29, 0.717) is 31.8 Å². The molecule has 1 saturated carbocycles. The van der Waals surface area contributed by atoms with Gasteiger partial charge in [0.15, 0.2) is 0 Å². The lowest BCUT2D eigenvalue weighted by molar-refractivity contribution is -0.142. The monoisotopic (exact) mass is 305 g/mol. The molecule has 0 spiro atoms. The zero-order valence-corrected chi connectivity index (χ0v) is 13.1. The number of carbonyl (C=O) groups excluding carboxylic acids is 1. The van der Waals surface area contributed by atoms with E-state index >= 15 is 0 Å². The van der Waals surface area contributed by atoms with E-state index in [1.54, 1.807) is 4.90 Å². The van der Waals surface area contributed by atoms with E-state index in [1.165, 1.54) is 0 Å². The maximum absolute atomic E-state index is 12.4. The number of carbonyl (C=O) groups is 2. The summed E-state index contributed by atoms with van der Waals surface area (Å²) in [5.41, 5.74) is 3.04. The van der Waals surface area contributed by atoms with Gasteiger partial charge in [-0.05, 0) is 50.5 Å². The van der Waals surface area contributed by atoms with Crippen molar-refractivity contribution in [3.8, 4) is 0 Å². The van der Waals surface area contributed by atoms with Crippen LogP contribution in [0.1, 0.15) is 36.2 Å². The standard InChI is InChI=1S/C16H23N3O3/c1-9-12(10(2)18-17-9)5-6-15(20)19-7-13(11-3-4-11)14(8-19)16(21)22/h11,13-14H,3-8H2,1-2H3,(H,17,18)(H,21,22)/t13-,14+/m0/s1. The topological polar surface area (TPSA) is 86.3 Å². The van der Waals surface area contributed by atoms with Gasteiger partial charge in [0.1, 0.15) is 0 Å². The lowest BCUT2D eigenvalue weighted by Crippen LogP contribution is -2.30. The van der Waals surface area contributed by atoms with Crippen molar-refractivity contribution in [2.45, 2.75) is 39.5 Å². The summed E-state index contributed by atoms with van der Waals surface area (Å²) in [6.07, 6.45) is 3.31. The van der Waals surface area contributed by atoms with Crippen LogP contribution in [0.2, 0.25) is 0 Å². The van der Waals surface area contributed by atoms with Crippen LogP contribution >= 0.6 is 0 Å². The largest absolute Gasteiger partial charge is 0.481 e. The van der Waals surface area contributed by atoms with Crippen molar-refractivity contribution in [3.05, 3.63) is 17.0 Å². The zero-order chi connectivity index (χ0) is 15.9. The van der Waals surface area contributed by atoms with Gasteiger partial charge >= 0.3 is 5.97 Å². The first-order chi connectivity index (χ1) is 10.5. The minimum atomic E-state index is -0.756. The van der Waals surface area contributed by atoms with Crippen molar-refractivity contribution < 1.29 is 14.7 Å². The van der Waals surface area contributed by atoms with Crippen LogP contribution in [-0.2, 0) is 16.0 Å². The second kappa shape index (κ2) is 5.74. The summed E-state index contributed by atoms with van der Waals surface area (Å²) in [6, 6.07) is 0. The molecule has 22 heavy (non-hydrogen) atoms. The Morgan fingerprint density at radius 3 is 2.59 bits per heavy atom. The van der Waals surface area contributed by atoms with E-state index in [2.05, 4.69) is 10.2 Å². The number of aliphatic carboxylic acids is 1. The highest BCUT2D eigenvalue weighted by atomic mass is 16.4. The molecule has 2 atom stereocenters. The summed E-state index contributed by atoms with van der Waals surface area (Å²) in [4.78, 5) is 25.6. The molecule has 0 bridgehead atoms. The number of aromatic amines is 1. The van der Waals surface area contributed by atoms with Crippen molar-refractivity contribution >= 4 is 11.9 Å². The van der Waals surface area contributed by atoms with Crippen molar-refractivity contribution in [1.82, 2.24) is 15.1 Å². The van der Waals surface area contributed by atoms with Crippen LogP contribution in [0, 0.1) is 31.6 Å². The molecule has 2 N–H and O–H groups in total. The third kappa shape index (κ3) is 2.87. The Kier molecular flexibility index (Phi) is 3.93. The van der Waals surface area contributed by atoms with Gasteiger partial charge in [0.05, 0.1) is 11.6 Å². The van der Waals surface area contributed by atoms with Gasteiger partial charge in [-0.3, -0.25) is 14.7 Å². The molecule has 0 radical (unpaired) electrons. The molecular formula is C16H23N3O3. The molecule has 1 aromatic rings. The Labute approximate surface area is 129 Å². The van der Waals surface area contributed by atoms with E-state index in [9.17, 15) is 14.7 Å². The number of aryl methyl sites for hydroxylation is 2. The molecule has 2 fully saturated rings. The van der Waals surface area contributed by atoms with Crippen LogP contribution in [0.15, 0.2) is 0 Å². The summed E-state index contributed by atoms with van der Waals surface area (Å²) >= 11 is 0. The number of nitrogens with zero attached hydrogens (tertiary/aromatic N) is 2. The third-order valence-corrected chi connectivity index (χ3v) is 5.13. The van der Waals surface area contributed by atoms with Gasteiger partial charge in [-0.15, -0.1) is 0 Å². The number of amides is 1. The molecule has 6 heteroatoms. The molecule has 120 valence electrons. The van der Waals surface area contributed by atoms with Gasteiger partial charge in [0, 0.05) is 25.2 Å². The smallest absolute Gasteiger partial charge is 0.308 e. The summed E-state index contributed by atoms with van der Waals surface area (Å²) in [5, 5.41) is 16.4. The van der Waals surface area contributed by atoms with Gasteiger partial charge in [0.25, 0.3) is 0 Å². The second-order valence-corrected chi connectivity index (χ2v) is 6.66. The number of aromatic nitrogens is 2. The molecule has 6 nitrogen and oxygen atoms in total. The lowest BCUT2D eigenvalue weighted by atomic mass is 9.92. The van der Waals surface area contributed by atoms with E-state index in [4.69, 9.17) is 0 Å². The predicted molar refractivity (Wildman–Crippen MR) is 80.3 cm³/mol. The highest BCUT2D eigenvalue weighted by Crippen LogP contribution is 2.44. The SMILES string of the molecule is Cc1n[nH]c(C)c1CCC(=O)N1C[C@@H](C(=O)O)[C@H](C2CC2)C1. The van der Waals surface area contributed by atoms with Crippen LogP contribution in [0.4, 0.5) is 0 Å². The number of likely N-dealkylation sites (tertiary alicyclic amines) is 1. The molecule has 3 rings (SSSR count). The molecule has 1 aromatic heterocycles. The minimum Gasteiger partial charge on any atom is -0.481 e. The first kappa shape index (κ1) is 15.1. The van der Waals surface area contributed by atoms with Crippen LogP contribution < -0.4 is 0 Å². The molecule has 1 aliphatic heterocycles. The fourth-order valence-corrected chi connectivity index (χ4v) is 3.63. The van der Waals surface area contributed by atoms with Gasteiger partial charge < -0.3 is 10.0 Å². The fraction of sp³-hybridized carbons (Fsp3) is 0.688. The van der Waals surface area contributed by atoms with Crippen LogP contribution in [0.5, 0.6) is 0 Å². The third-order valence-electron chi connectivity index (χ3n) is 5.13. The van der Waals surface area contributed by atoms with Gasteiger partial charge in [-0.25, -0.2) is 0 Å². The molecule has 1 saturated heterocycles. The Balaban J connectivity index is 1.60. The zero-order valence-electron chi connectivity index (χ0n) is 13.1.